The summed E-state index contributed by atoms with van der Waals surface area (Å²) in [5, 5.41) is 6.90. The zero-order chi connectivity index (χ0) is 17.1. The van der Waals surface area contributed by atoms with Crippen molar-refractivity contribution in [1.29, 1.82) is 0 Å². The van der Waals surface area contributed by atoms with E-state index in [2.05, 4.69) is 10.2 Å². The summed E-state index contributed by atoms with van der Waals surface area (Å²) in [6, 6.07) is 5.16. The molecule has 0 saturated carbocycles. The molecule has 0 spiro atoms. The Morgan fingerprint density at radius 1 is 1.38 bits per heavy atom. The summed E-state index contributed by atoms with van der Waals surface area (Å²) in [6.45, 7) is 2.87. The fourth-order valence-electron chi connectivity index (χ4n) is 2.99. The van der Waals surface area contributed by atoms with Crippen molar-refractivity contribution in [2.24, 2.45) is 0 Å². The zero-order valence-corrected chi connectivity index (χ0v) is 13.3. The molecule has 1 N–H and O–H groups in total. The Kier molecular flexibility index (Phi) is 4.78. The van der Waals surface area contributed by atoms with E-state index in [9.17, 15) is 13.6 Å². The molecule has 0 aliphatic carbocycles. The summed E-state index contributed by atoms with van der Waals surface area (Å²) >= 11 is 0. The SMILES string of the molecule is C[C@@H](Oc1ccc(F)c(F)c1)C(=O)N1CCC[C@H](c2ccn[nH]2)C1. The Bertz CT molecular complexity index is 706. The highest BCUT2D eigenvalue weighted by Gasteiger charge is 2.29. The summed E-state index contributed by atoms with van der Waals surface area (Å²) < 4.78 is 31.7. The maximum absolute atomic E-state index is 13.2. The summed E-state index contributed by atoms with van der Waals surface area (Å²) in [5.41, 5.74) is 1.02. The molecule has 24 heavy (non-hydrogen) atoms. The normalized spacial score (nSPS) is 19.1. The van der Waals surface area contributed by atoms with Crippen LogP contribution in [0.3, 0.4) is 0 Å². The van der Waals surface area contributed by atoms with Crippen molar-refractivity contribution < 1.29 is 18.3 Å². The molecule has 1 fully saturated rings. The van der Waals surface area contributed by atoms with Crippen molar-refractivity contribution in [3.05, 3.63) is 47.8 Å². The lowest BCUT2D eigenvalue weighted by Crippen LogP contribution is -2.45. The number of hydrogen-bond donors (Lipinski definition) is 1. The number of benzene rings is 1. The number of carbonyl (C=O) groups excluding carboxylic acids is 1. The molecular formula is C17H19F2N3O2. The fourth-order valence-corrected chi connectivity index (χ4v) is 2.99. The number of nitrogens with zero attached hydrogens (tertiary/aromatic N) is 2. The number of aromatic amines is 1. The molecule has 1 saturated heterocycles. The Hall–Kier alpha value is -2.44. The van der Waals surface area contributed by atoms with Crippen LogP contribution in [0.4, 0.5) is 8.78 Å². The first-order chi connectivity index (χ1) is 11.5. The van der Waals surface area contributed by atoms with E-state index in [1.807, 2.05) is 6.07 Å². The lowest BCUT2D eigenvalue weighted by molar-refractivity contribution is -0.139. The second kappa shape index (κ2) is 6.98. The smallest absolute Gasteiger partial charge is 0.263 e. The molecule has 0 unspecified atom stereocenters. The number of halogens is 2. The van der Waals surface area contributed by atoms with Crippen LogP contribution in [0.1, 0.15) is 31.4 Å². The number of aromatic nitrogens is 2. The van der Waals surface area contributed by atoms with E-state index in [1.165, 1.54) is 6.07 Å². The number of piperidine rings is 1. The zero-order valence-electron chi connectivity index (χ0n) is 13.3. The second-order valence-corrected chi connectivity index (χ2v) is 5.97. The van der Waals surface area contributed by atoms with Crippen molar-refractivity contribution >= 4 is 5.91 Å². The minimum atomic E-state index is -0.996. The highest BCUT2D eigenvalue weighted by Crippen LogP contribution is 2.26. The van der Waals surface area contributed by atoms with Crippen LogP contribution in [0.5, 0.6) is 5.75 Å². The third-order valence-corrected chi connectivity index (χ3v) is 4.25. The maximum Gasteiger partial charge on any atom is 0.263 e. The van der Waals surface area contributed by atoms with Gasteiger partial charge in [-0.3, -0.25) is 9.89 Å². The van der Waals surface area contributed by atoms with E-state index >= 15 is 0 Å². The first-order valence-electron chi connectivity index (χ1n) is 7.94. The molecule has 1 aromatic heterocycles. The van der Waals surface area contributed by atoms with E-state index in [-0.39, 0.29) is 17.6 Å². The van der Waals surface area contributed by atoms with Crippen molar-refractivity contribution in [2.45, 2.75) is 31.8 Å². The third kappa shape index (κ3) is 3.55. The van der Waals surface area contributed by atoms with E-state index in [0.29, 0.717) is 13.1 Å². The van der Waals surface area contributed by atoms with Crippen LogP contribution in [0.25, 0.3) is 0 Å². The van der Waals surface area contributed by atoms with Crippen LogP contribution in [0.15, 0.2) is 30.5 Å². The van der Waals surface area contributed by atoms with Crippen molar-refractivity contribution in [3.8, 4) is 5.75 Å². The van der Waals surface area contributed by atoms with Gasteiger partial charge in [-0.2, -0.15) is 5.10 Å². The topological polar surface area (TPSA) is 58.2 Å². The molecule has 1 aliphatic heterocycles. The van der Waals surface area contributed by atoms with Gasteiger partial charge in [0.05, 0.1) is 0 Å². The predicted molar refractivity (Wildman–Crippen MR) is 83.6 cm³/mol. The second-order valence-electron chi connectivity index (χ2n) is 5.97. The van der Waals surface area contributed by atoms with Gasteiger partial charge in [-0.25, -0.2) is 8.78 Å². The fraction of sp³-hybridized carbons (Fsp3) is 0.412. The van der Waals surface area contributed by atoms with Gasteiger partial charge >= 0.3 is 0 Å². The quantitative estimate of drug-likeness (QED) is 0.935. The van der Waals surface area contributed by atoms with E-state index in [4.69, 9.17) is 4.74 Å². The standard InChI is InChI=1S/C17H19F2N3O2/c1-11(24-13-4-5-14(18)15(19)9-13)17(23)22-8-2-3-12(10-22)16-6-7-20-21-16/h4-7,9,11-12H,2-3,8,10H2,1H3,(H,20,21)/t11-,12+/m1/s1. The van der Waals surface area contributed by atoms with E-state index in [1.54, 1.807) is 18.0 Å². The van der Waals surface area contributed by atoms with Crippen LogP contribution in [-0.2, 0) is 4.79 Å². The molecule has 0 bridgehead atoms. The number of nitrogens with one attached hydrogen (secondary N) is 1. The van der Waals surface area contributed by atoms with E-state index in [0.717, 1.165) is 30.7 Å². The molecule has 2 heterocycles. The number of likely N-dealkylation sites (tertiary alicyclic amines) is 1. The number of rotatable bonds is 4. The Morgan fingerprint density at radius 3 is 2.92 bits per heavy atom. The Labute approximate surface area is 138 Å². The first-order valence-corrected chi connectivity index (χ1v) is 7.94. The van der Waals surface area contributed by atoms with Gasteiger partial charge < -0.3 is 9.64 Å². The number of ether oxygens (including phenoxy) is 1. The molecule has 2 aromatic rings. The van der Waals surface area contributed by atoms with Crippen LogP contribution < -0.4 is 4.74 Å². The average Bonchev–Trinajstić information content (AvgIpc) is 3.12. The lowest BCUT2D eigenvalue weighted by atomic mass is 9.94. The van der Waals surface area contributed by atoms with Gasteiger partial charge in [-0.1, -0.05) is 0 Å². The summed E-state index contributed by atoms with van der Waals surface area (Å²) in [7, 11) is 0. The maximum atomic E-state index is 13.2. The molecule has 1 aromatic carbocycles. The summed E-state index contributed by atoms with van der Waals surface area (Å²) in [6.07, 6.45) is 2.82. The van der Waals surface area contributed by atoms with E-state index < -0.39 is 17.7 Å². The number of H-pyrrole nitrogens is 1. The van der Waals surface area contributed by atoms with Crippen molar-refractivity contribution in [1.82, 2.24) is 15.1 Å². The van der Waals surface area contributed by atoms with Gasteiger partial charge in [0.2, 0.25) is 0 Å². The predicted octanol–water partition coefficient (Wildman–Crippen LogP) is 2.86. The minimum Gasteiger partial charge on any atom is -0.481 e. The molecule has 1 amide bonds. The summed E-state index contributed by atoms with van der Waals surface area (Å²) in [5.74, 6) is -1.74. The first kappa shape index (κ1) is 16.4. The Balaban J connectivity index is 1.63. The van der Waals surface area contributed by atoms with Crippen LogP contribution in [0, 0.1) is 11.6 Å². The van der Waals surface area contributed by atoms with Gasteiger partial charge in [0, 0.05) is 37.0 Å². The van der Waals surface area contributed by atoms with Crippen LogP contribution in [0.2, 0.25) is 0 Å². The highest BCUT2D eigenvalue weighted by molar-refractivity contribution is 5.81. The third-order valence-electron chi connectivity index (χ3n) is 4.25. The van der Waals surface area contributed by atoms with Gasteiger partial charge in [-0.05, 0) is 38.0 Å². The average molecular weight is 335 g/mol. The molecule has 128 valence electrons. The number of carbonyl (C=O) groups is 1. The number of hydrogen-bond acceptors (Lipinski definition) is 3. The highest BCUT2D eigenvalue weighted by atomic mass is 19.2. The monoisotopic (exact) mass is 335 g/mol. The van der Waals surface area contributed by atoms with Crippen LogP contribution >= 0.6 is 0 Å². The Morgan fingerprint density at radius 2 is 2.21 bits per heavy atom. The van der Waals surface area contributed by atoms with Crippen molar-refractivity contribution in [3.63, 3.8) is 0 Å². The number of amides is 1. The van der Waals surface area contributed by atoms with Gasteiger partial charge in [0.25, 0.3) is 5.91 Å². The largest absolute Gasteiger partial charge is 0.481 e. The minimum absolute atomic E-state index is 0.136. The molecule has 5 nitrogen and oxygen atoms in total. The molecule has 7 heteroatoms. The molecule has 3 rings (SSSR count). The van der Waals surface area contributed by atoms with Gasteiger partial charge in [-0.15, -0.1) is 0 Å². The molecule has 1 aliphatic rings. The van der Waals surface area contributed by atoms with Gasteiger partial charge in [0.15, 0.2) is 17.7 Å². The molecule has 2 atom stereocenters. The summed E-state index contributed by atoms with van der Waals surface area (Å²) in [4.78, 5) is 14.3. The molecular weight excluding hydrogens is 316 g/mol. The lowest BCUT2D eigenvalue weighted by Gasteiger charge is -2.33. The molecule has 0 radical (unpaired) electrons. The van der Waals surface area contributed by atoms with Crippen LogP contribution in [-0.4, -0.2) is 40.2 Å². The van der Waals surface area contributed by atoms with Gasteiger partial charge in [0.1, 0.15) is 5.75 Å². The van der Waals surface area contributed by atoms with Crippen molar-refractivity contribution in [2.75, 3.05) is 13.1 Å².